The van der Waals surface area contributed by atoms with Crippen LogP contribution in [0.25, 0.3) is 0 Å². The Morgan fingerprint density at radius 1 is 1.24 bits per heavy atom. The second-order valence-corrected chi connectivity index (χ2v) is 6.61. The molecule has 0 aliphatic heterocycles. The molecular weight excluding hydrogens is 377 g/mol. The van der Waals surface area contributed by atoms with Crippen molar-refractivity contribution >= 4 is 45.0 Å². The average molecular weight is 389 g/mol. The highest BCUT2D eigenvalue weighted by Gasteiger charge is 2.34. The molecule has 0 atom stereocenters. The maximum Gasteiger partial charge on any atom is 0.290 e. The van der Waals surface area contributed by atoms with Crippen LogP contribution >= 0.6 is 39.1 Å². The summed E-state index contributed by atoms with van der Waals surface area (Å²) in [5.41, 5.74) is 0.954. The fraction of sp³-hybridized carbons (Fsp3) is 0.267. The largest absolute Gasteiger partial charge is 0.444 e. The van der Waals surface area contributed by atoms with Gasteiger partial charge in [0.2, 0.25) is 0 Å². The molecular formula is C15H12BrCl2NO2. The minimum absolute atomic E-state index is 0.103. The van der Waals surface area contributed by atoms with E-state index in [2.05, 4.69) is 15.9 Å². The van der Waals surface area contributed by atoms with Crippen LogP contribution in [-0.2, 0) is 6.54 Å². The molecule has 1 aromatic heterocycles. The fourth-order valence-electron chi connectivity index (χ4n) is 2.16. The van der Waals surface area contributed by atoms with Crippen LogP contribution in [0.2, 0.25) is 10.0 Å². The lowest BCUT2D eigenvalue weighted by atomic mass is 10.2. The van der Waals surface area contributed by atoms with Crippen LogP contribution < -0.4 is 0 Å². The zero-order valence-corrected chi connectivity index (χ0v) is 14.1. The number of furan rings is 1. The van der Waals surface area contributed by atoms with Gasteiger partial charge in [0.05, 0.1) is 10.0 Å². The molecule has 0 saturated heterocycles. The van der Waals surface area contributed by atoms with E-state index >= 15 is 0 Å². The van der Waals surface area contributed by atoms with Crippen molar-refractivity contribution in [2.45, 2.75) is 25.4 Å². The first-order valence-corrected chi connectivity index (χ1v) is 8.10. The van der Waals surface area contributed by atoms with Gasteiger partial charge in [-0.3, -0.25) is 4.79 Å². The molecule has 0 unspecified atom stereocenters. The third-order valence-electron chi connectivity index (χ3n) is 3.37. The Kier molecular flexibility index (Phi) is 4.29. The van der Waals surface area contributed by atoms with Gasteiger partial charge in [-0.25, -0.2) is 0 Å². The molecule has 6 heteroatoms. The van der Waals surface area contributed by atoms with Crippen LogP contribution in [0.1, 0.15) is 29.0 Å². The maximum absolute atomic E-state index is 12.5. The van der Waals surface area contributed by atoms with Crippen LogP contribution in [0.3, 0.4) is 0 Å². The van der Waals surface area contributed by atoms with Crippen LogP contribution in [0.15, 0.2) is 39.4 Å². The molecule has 0 bridgehead atoms. The number of carbonyl (C=O) groups excluding carboxylic acids is 1. The van der Waals surface area contributed by atoms with Gasteiger partial charge in [-0.1, -0.05) is 29.3 Å². The normalized spacial score (nSPS) is 14.2. The Labute approximate surface area is 140 Å². The zero-order chi connectivity index (χ0) is 15.0. The Hall–Kier alpha value is -0.970. The number of rotatable bonds is 4. The van der Waals surface area contributed by atoms with Gasteiger partial charge in [-0.15, -0.1) is 0 Å². The number of carbonyl (C=O) groups is 1. The molecule has 1 aromatic carbocycles. The van der Waals surface area contributed by atoms with E-state index in [4.69, 9.17) is 27.6 Å². The minimum Gasteiger partial charge on any atom is -0.444 e. The summed E-state index contributed by atoms with van der Waals surface area (Å²) in [6.45, 7) is 0.499. The van der Waals surface area contributed by atoms with Gasteiger partial charge in [0.1, 0.15) is 0 Å². The smallest absolute Gasteiger partial charge is 0.290 e. The Bertz CT molecular complexity index is 682. The van der Waals surface area contributed by atoms with E-state index in [0.29, 0.717) is 27.0 Å². The lowest BCUT2D eigenvalue weighted by Crippen LogP contribution is -2.32. The molecule has 1 aliphatic rings. The van der Waals surface area contributed by atoms with E-state index in [1.807, 2.05) is 11.0 Å². The second kappa shape index (κ2) is 6.03. The summed E-state index contributed by atoms with van der Waals surface area (Å²) in [5, 5.41) is 1.01. The van der Waals surface area contributed by atoms with Crippen molar-refractivity contribution in [3.05, 3.63) is 56.4 Å². The highest BCUT2D eigenvalue weighted by Crippen LogP contribution is 2.31. The molecule has 0 spiro atoms. The monoisotopic (exact) mass is 387 g/mol. The highest BCUT2D eigenvalue weighted by molar-refractivity contribution is 9.10. The zero-order valence-electron chi connectivity index (χ0n) is 11.0. The van der Waals surface area contributed by atoms with Crippen molar-refractivity contribution < 1.29 is 9.21 Å². The molecule has 2 aromatic rings. The van der Waals surface area contributed by atoms with Crippen LogP contribution in [0.5, 0.6) is 0 Å². The number of amides is 1. The van der Waals surface area contributed by atoms with Gasteiger partial charge >= 0.3 is 0 Å². The molecule has 1 saturated carbocycles. The van der Waals surface area contributed by atoms with Crippen molar-refractivity contribution in [2.24, 2.45) is 0 Å². The van der Waals surface area contributed by atoms with Crippen molar-refractivity contribution in [3.63, 3.8) is 0 Å². The number of hydrogen-bond acceptors (Lipinski definition) is 2. The molecule has 1 amide bonds. The third-order valence-corrected chi connectivity index (χ3v) is 4.53. The first kappa shape index (κ1) is 14.9. The number of nitrogens with zero attached hydrogens (tertiary/aromatic N) is 1. The molecule has 21 heavy (non-hydrogen) atoms. The summed E-state index contributed by atoms with van der Waals surface area (Å²) in [6, 6.07) is 9.10. The van der Waals surface area contributed by atoms with Crippen LogP contribution in [-0.4, -0.2) is 16.8 Å². The number of benzene rings is 1. The van der Waals surface area contributed by atoms with Gasteiger partial charge in [-0.05, 0) is 58.6 Å². The molecule has 0 radical (unpaired) electrons. The van der Waals surface area contributed by atoms with E-state index in [-0.39, 0.29) is 11.9 Å². The predicted octanol–water partition coefficient (Wildman–Crippen LogP) is 5.15. The molecule has 1 aliphatic carbocycles. The van der Waals surface area contributed by atoms with Gasteiger partial charge in [-0.2, -0.15) is 0 Å². The predicted molar refractivity (Wildman–Crippen MR) is 85.8 cm³/mol. The minimum atomic E-state index is -0.103. The summed E-state index contributed by atoms with van der Waals surface area (Å²) >= 11 is 15.2. The Morgan fingerprint density at radius 2 is 2.00 bits per heavy atom. The summed E-state index contributed by atoms with van der Waals surface area (Å²) in [6.07, 6.45) is 2.05. The molecule has 1 fully saturated rings. The van der Waals surface area contributed by atoms with Crippen molar-refractivity contribution in [1.82, 2.24) is 4.90 Å². The summed E-state index contributed by atoms with van der Waals surface area (Å²) < 4.78 is 5.92. The van der Waals surface area contributed by atoms with Gasteiger partial charge < -0.3 is 9.32 Å². The van der Waals surface area contributed by atoms with E-state index in [0.717, 1.165) is 18.4 Å². The van der Waals surface area contributed by atoms with Gasteiger partial charge in [0.25, 0.3) is 5.91 Å². The molecule has 3 nitrogen and oxygen atoms in total. The molecule has 3 rings (SSSR count). The van der Waals surface area contributed by atoms with Crippen LogP contribution in [0, 0.1) is 0 Å². The van der Waals surface area contributed by atoms with Crippen molar-refractivity contribution in [1.29, 1.82) is 0 Å². The second-order valence-electron chi connectivity index (χ2n) is 5.02. The molecule has 0 N–H and O–H groups in total. The molecule has 1 heterocycles. The lowest BCUT2D eigenvalue weighted by molar-refractivity contribution is 0.0696. The van der Waals surface area contributed by atoms with Gasteiger partial charge in [0, 0.05) is 12.6 Å². The fourth-order valence-corrected chi connectivity index (χ4v) is 2.79. The average Bonchev–Trinajstić information content (AvgIpc) is 3.20. The SMILES string of the molecule is O=C(c1ccc(Br)o1)N(Cc1ccc(Cl)c(Cl)c1)C1CC1. The Balaban J connectivity index is 1.81. The number of hydrogen-bond donors (Lipinski definition) is 0. The molecule has 110 valence electrons. The van der Waals surface area contributed by atoms with Gasteiger partial charge in [0.15, 0.2) is 10.4 Å². The summed E-state index contributed by atoms with van der Waals surface area (Å²) in [5.74, 6) is 0.239. The van der Waals surface area contributed by atoms with Crippen LogP contribution in [0.4, 0.5) is 0 Å². The summed E-state index contributed by atoms with van der Waals surface area (Å²) in [7, 11) is 0. The van der Waals surface area contributed by atoms with Crippen molar-refractivity contribution in [3.8, 4) is 0 Å². The first-order valence-electron chi connectivity index (χ1n) is 6.55. The van der Waals surface area contributed by atoms with E-state index in [1.165, 1.54) is 0 Å². The summed E-state index contributed by atoms with van der Waals surface area (Å²) in [4.78, 5) is 14.4. The lowest BCUT2D eigenvalue weighted by Gasteiger charge is -2.21. The van der Waals surface area contributed by atoms with Crippen molar-refractivity contribution in [2.75, 3.05) is 0 Å². The van der Waals surface area contributed by atoms with E-state index in [1.54, 1.807) is 24.3 Å². The Morgan fingerprint density at radius 3 is 2.57 bits per heavy atom. The standard InChI is InChI=1S/C15H12BrCl2NO2/c16-14-6-5-13(21-14)15(20)19(10-2-3-10)8-9-1-4-11(17)12(18)7-9/h1,4-7,10H,2-3,8H2. The first-order chi connectivity index (χ1) is 10.0. The number of halogens is 3. The van der Waals surface area contributed by atoms with E-state index < -0.39 is 0 Å². The quantitative estimate of drug-likeness (QED) is 0.725. The maximum atomic E-state index is 12.5. The van der Waals surface area contributed by atoms with E-state index in [9.17, 15) is 4.79 Å². The third kappa shape index (κ3) is 3.44. The highest BCUT2D eigenvalue weighted by atomic mass is 79.9. The topological polar surface area (TPSA) is 33.5 Å².